The monoisotopic (exact) mass is 469 g/mol. The molecular weight excluding hydrogens is 422 g/mol. The van der Waals surface area contributed by atoms with Crippen LogP contribution in [0.25, 0.3) is 0 Å². The standard InChI is InChI=1S/C30H47NO3/c1-25(2)12-14-30(24(32)33)15-13-28(6)20(21(30)18-25)8-9-23-27(5)17-19(31-34)16-26(3,4)22(27)10-11-29(23,28)7/h8,21-23,34H,9-18H2,1-7H3,(H,32,33)/b31-19-/t21-,22-,23+,27-,28+,29+,30-/m0/s1. The Balaban J connectivity index is 1.62. The van der Waals surface area contributed by atoms with Crippen LogP contribution in [0.15, 0.2) is 16.8 Å². The summed E-state index contributed by atoms with van der Waals surface area (Å²) in [6, 6.07) is 0. The molecule has 7 atom stereocenters. The van der Waals surface area contributed by atoms with E-state index >= 15 is 0 Å². The van der Waals surface area contributed by atoms with Crippen LogP contribution in [-0.4, -0.2) is 22.0 Å². The van der Waals surface area contributed by atoms with E-state index in [4.69, 9.17) is 0 Å². The predicted molar refractivity (Wildman–Crippen MR) is 136 cm³/mol. The molecule has 0 aromatic rings. The van der Waals surface area contributed by atoms with Crippen LogP contribution in [0.5, 0.6) is 0 Å². The topological polar surface area (TPSA) is 69.9 Å². The van der Waals surface area contributed by atoms with Crippen LogP contribution in [0, 0.1) is 50.2 Å². The zero-order valence-electron chi connectivity index (χ0n) is 22.6. The molecule has 4 saturated carbocycles. The largest absolute Gasteiger partial charge is 0.481 e. The summed E-state index contributed by atoms with van der Waals surface area (Å²) in [5.41, 5.74) is 2.50. The van der Waals surface area contributed by atoms with Crippen LogP contribution in [0.4, 0.5) is 0 Å². The number of oxime groups is 1. The molecule has 0 aromatic heterocycles. The molecule has 34 heavy (non-hydrogen) atoms. The first-order valence-electron chi connectivity index (χ1n) is 13.8. The lowest BCUT2D eigenvalue weighted by atomic mass is 9.33. The van der Waals surface area contributed by atoms with Crippen molar-refractivity contribution in [3.63, 3.8) is 0 Å². The zero-order chi connectivity index (χ0) is 24.9. The molecule has 0 radical (unpaired) electrons. The first-order valence-corrected chi connectivity index (χ1v) is 13.8. The smallest absolute Gasteiger partial charge is 0.310 e. The van der Waals surface area contributed by atoms with E-state index in [0.717, 1.165) is 57.1 Å². The van der Waals surface area contributed by atoms with Gasteiger partial charge in [-0.3, -0.25) is 4.79 Å². The predicted octanol–water partition coefficient (Wildman–Crippen LogP) is 7.70. The van der Waals surface area contributed by atoms with Gasteiger partial charge in [0.05, 0.1) is 11.1 Å². The number of hydrogen-bond donors (Lipinski definition) is 2. The number of nitrogens with zero attached hydrogens (tertiary/aromatic N) is 1. The summed E-state index contributed by atoms with van der Waals surface area (Å²) >= 11 is 0. The maximum absolute atomic E-state index is 12.8. The number of rotatable bonds is 1. The van der Waals surface area contributed by atoms with Gasteiger partial charge in [0.15, 0.2) is 0 Å². The molecule has 0 bridgehead atoms. The summed E-state index contributed by atoms with van der Waals surface area (Å²) in [4.78, 5) is 12.8. The van der Waals surface area contributed by atoms with E-state index in [-0.39, 0.29) is 33.0 Å². The van der Waals surface area contributed by atoms with Crippen LogP contribution in [-0.2, 0) is 4.79 Å². The third-order valence-electron chi connectivity index (χ3n) is 12.7. The highest BCUT2D eigenvalue weighted by Gasteiger charge is 2.69. The molecule has 2 N–H and O–H groups in total. The first-order chi connectivity index (χ1) is 15.7. The molecule has 0 aliphatic heterocycles. The number of carboxylic acids is 1. The molecule has 5 aliphatic carbocycles. The van der Waals surface area contributed by atoms with Crippen molar-refractivity contribution >= 4 is 11.7 Å². The average Bonchev–Trinajstić information content (AvgIpc) is 2.72. The summed E-state index contributed by atoms with van der Waals surface area (Å²) in [6.07, 6.45) is 12.4. The van der Waals surface area contributed by atoms with Crippen LogP contribution < -0.4 is 0 Å². The summed E-state index contributed by atoms with van der Waals surface area (Å²) in [5, 5.41) is 24.1. The highest BCUT2D eigenvalue weighted by atomic mass is 16.4. The van der Waals surface area contributed by atoms with Gasteiger partial charge in [-0.25, -0.2) is 0 Å². The molecule has 4 heteroatoms. The second-order valence-corrected chi connectivity index (χ2v) is 15.2. The SMILES string of the molecule is CC1(C)CC[C@]2(C(=O)O)CC[C@]3(C)C(=CC[C@@H]4[C@@]5(C)C/C(=N\O)CC(C)(C)[C@@H]5CC[C@]43C)[C@@H]2C1. The van der Waals surface area contributed by atoms with Crippen LogP contribution >= 0.6 is 0 Å². The van der Waals surface area contributed by atoms with E-state index in [2.05, 4.69) is 59.7 Å². The zero-order valence-corrected chi connectivity index (χ0v) is 22.6. The molecule has 0 aromatic carbocycles. The van der Waals surface area contributed by atoms with Gasteiger partial charge in [-0.15, -0.1) is 0 Å². The minimum atomic E-state index is -0.575. The quantitative estimate of drug-likeness (QED) is 0.235. The fraction of sp³-hybridized carbons (Fsp3) is 0.867. The summed E-state index contributed by atoms with van der Waals surface area (Å²) in [7, 11) is 0. The number of carbonyl (C=O) groups is 1. The van der Waals surface area contributed by atoms with Gasteiger partial charge in [0.1, 0.15) is 0 Å². The summed E-state index contributed by atoms with van der Waals surface area (Å²) in [5.74, 6) is 0.750. The van der Waals surface area contributed by atoms with Crippen LogP contribution in [0.3, 0.4) is 0 Å². The van der Waals surface area contributed by atoms with Crippen molar-refractivity contribution in [2.75, 3.05) is 0 Å². The van der Waals surface area contributed by atoms with Crippen molar-refractivity contribution in [2.24, 2.45) is 55.4 Å². The second-order valence-electron chi connectivity index (χ2n) is 15.2. The van der Waals surface area contributed by atoms with Crippen molar-refractivity contribution < 1.29 is 15.1 Å². The summed E-state index contributed by atoms with van der Waals surface area (Å²) < 4.78 is 0. The number of allylic oxidation sites excluding steroid dienone is 2. The molecule has 0 amide bonds. The van der Waals surface area contributed by atoms with Gasteiger partial charge in [-0.1, -0.05) is 65.3 Å². The minimum absolute atomic E-state index is 0.0407. The molecular formula is C30H47NO3. The van der Waals surface area contributed by atoms with Crippen molar-refractivity contribution in [3.8, 4) is 0 Å². The second kappa shape index (κ2) is 7.13. The summed E-state index contributed by atoms with van der Waals surface area (Å²) in [6.45, 7) is 17.0. The van der Waals surface area contributed by atoms with Gasteiger partial charge in [0, 0.05) is 0 Å². The van der Waals surface area contributed by atoms with Gasteiger partial charge >= 0.3 is 5.97 Å². The Labute approximate surface area is 206 Å². The van der Waals surface area contributed by atoms with E-state index in [1.807, 2.05) is 0 Å². The third-order valence-corrected chi connectivity index (χ3v) is 12.7. The molecule has 5 rings (SSSR count). The Morgan fingerprint density at radius 3 is 2.26 bits per heavy atom. The maximum atomic E-state index is 12.8. The van der Waals surface area contributed by atoms with Gasteiger partial charge < -0.3 is 10.3 Å². The van der Waals surface area contributed by atoms with E-state index in [1.54, 1.807) is 0 Å². The van der Waals surface area contributed by atoms with Crippen molar-refractivity contribution in [3.05, 3.63) is 11.6 Å². The van der Waals surface area contributed by atoms with Crippen LogP contribution in [0.2, 0.25) is 0 Å². The molecule has 190 valence electrons. The van der Waals surface area contributed by atoms with E-state index in [9.17, 15) is 15.1 Å². The molecule has 4 nitrogen and oxygen atoms in total. The average molecular weight is 470 g/mol. The fourth-order valence-corrected chi connectivity index (χ4v) is 10.7. The number of hydrogen-bond acceptors (Lipinski definition) is 3. The highest BCUT2D eigenvalue weighted by Crippen LogP contribution is 2.75. The van der Waals surface area contributed by atoms with E-state index < -0.39 is 11.4 Å². The number of fused-ring (bicyclic) bond motifs is 7. The van der Waals surface area contributed by atoms with Crippen LogP contribution in [0.1, 0.15) is 113 Å². The molecule has 0 saturated heterocycles. The van der Waals surface area contributed by atoms with Crippen molar-refractivity contribution in [2.45, 2.75) is 113 Å². The number of carboxylic acid groups (broad SMARTS) is 1. The molecule has 0 heterocycles. The lowest BCUT2D eigenvalue weighted by molar-refractivity contribution is -0.180. The van der Waals surface area contributed by atoms with Gasteiger partial charge in [0.2, 0.25) is 0 Å². The molecule has 5 aliphatic rings. The Morgan fingerprint density at radius 2 is 1.62 bits per heavy atom. The van der Waals surface area contributed by atoms with E-state index in [0.29, 0.717) is 11.8 Å². The lowest BCUT2D eigenvalue weighted by Gasteiger charge is -2.70. The van der Waals surface area contributed by atoms with Gasteiger partial charge in [-0.2, -0.15) is 0 Å². The third kappa shape index (κ3) is 2.95. The molecule has 0 unspecified atom stereocenters. The van der Waals surface area contributed by atoms with Crippen molar-refractivity contribution in [1.82, 2.24) is 0 Å². The minimum Gasteiger partial charge on any atom is -0.481 e. The Hall–Kier alpha value is -1.32. The Bertz CT molecular complexity index is 962. The molecule has 4 fully saturated rings. The van der Waals surface area contributed by atoms with Gasteiger partial charge in [0.25, 0.3) is 0 Å². The maximum Gasteiger partial charge on any atom is 0.310 e. The van der Waals surface area contributed by atoms with E-state index in [1.165, 1.54) is 18.4 Å². The van der Waals surface area contributed by atoms with Crippen molar-refractivity contribution in [1.29, 1.82) is 0 Å². The lowest BCUT2D eigenvalue weighted by Crippen LogP contribution is -2.64. The molecule has 0 spiro atoms. The number of aliphatic carboxylic acids is 1. The fourth-order valence-electron chi connectivity index (χ4n) is 10.7. The normalized spacial score (nSPS) is 50.3. The highest BCUT2D eigenvalue weighted by molar-refractivity contribution is 5.86. The first kappa shape index (κ1) is 24.4. The Morgan fingerprint density at radius 1 is 0.941 bits per heavy atom. The van der Waals surface area contributed by atoms with Gasteiger partial charge in [-0.05, 0) is 109 Å². The Kier molecular flexibility index (Phi) is 5.11.